The second-order valence-electron chi connectivity index (χ2n) is 7.08. The number of carbonyl (C=O) groups excluding carboxylic acids is 2. The van der Waals surface area contributed by atoms with E-state index in [0.717, 1.165) is 37.2 Å². The first-order chi connectivity index (χ1) is 12.7. The van der Waals surface area contributed by atoms with E-state index >= 15 is 0 Å². The summed E-state index contributed by atoms with van der Waals surface area (Å²) in [5.74, 6) is 0.858. The molecule has 3 rings (SSSR count). The van der Waals surface area contributed by atoms with Crippen molar-refractivity contribution in [1.82, 2.24) is 15.1 Å². The van der Waals surface area contributed by atoms with Crippen molar-refractivity contribution in [2.45, 2.75) is 38.1 Å². The number of hydrogen-bond acceptors (Lipinski definition) is 4. The number of ether oxygens (including phenoxy) is 1. The summed E-state index contributed by atoms with van der Waals surface area (Å²) in [7, 11) is 1.68. The number of carbonyl (C=O) groups is 2. The molecule has 0 saturated carbocycles. The molecule has 6 nitrogen and oxygen atoms in total. The third-order valence-corrected chi connectivity index (χ3v) is 5.33. The average Bonchev–Trinajstić information content (AvgIpc) is 3.19. The number of likely N-dealkylation sites (tertiary alicyclic amines) is 2. The van der Waals surface area contributed by atoms with Crippen LogP contribution in [-0.2, 0) is 9.59 Å². The molecule has 142 valence electrons. The zero-order chi connectivity index (χ0) is 18.4. The number of rotatable bonds is 7. The van der Waals surface area contributed by atoms with Gasteiger partial charge in [-0.15, -0.1) is 0 Å². The molecular weight excluding hydrogens is 330 g/mol. The van der Waals surface area contributed by atoms with Crippen LogP contribution in [0.5, 0.6) is 5.75 Å². The van der Waals surface area contributed by atoms with Gasteiger partial charge >= 0.3 is 0 Å². The number of amides is 2. The van der Waals surface area contributed by atoms with Crippen LogP contribution in [0.1, 0.15) is 43.7 Å². The molecule has 2 heterocycles. The molecule has 1 aromatic rings. The summed E-state index contributed by atoms with van der Waals surface area (Å²) < 4.78 is 5.54. The molecule has 0 bridgehead atoms. The highest BCUT2D eigenvalue weighted by Gasteiger charge is 2.27. The molecule has 2 saturated heterocycles. The summed E-state index contributed by atoms with van der Waals surface area (Å²) in [4.78, 5) is 28.4. The van der Waals surface area contributed by atoms with Crippen LogP contribution in [-0.4, -0.2) is 61.4 Å². The second kappa shape index (κ2) is 9.03. The Morgan fingerprint density at radius 3 is 2.62 bits per heavy atom. The van der Waals surface area contributed by atoms with Gasteiger partial charge in [0.25, 0.3) is 0 Å². The van der Waals surface area contributed by atoms with E-state index in [4.69, 9.17) is 4.74 Å². The zero-order valence-electron chi connectivity index (χ0n) is 15.6. The molecule has 2 fully saturated rings. The van der Waals surface area contributed by atoms with Gasteiger partial charge in [-0.2, -0.15) is 0 Å². The largest absolute Gasteiger partial charge is 0.496 e. The van der Waals surface area contributed by atoms with Crippen LogP contribution in [0.3, 0.4) is 0 Å². The quantitative estimate of drug-likeness (QED) is 0.808. The molecule has 26 heavy (non-hydrogen) atoms. The molecule has 1 aromatic carbocycles. The lowest BCUT2D eigenvalue weighted by Gasteiger charge is -2.30. The fourth-order valence-electron chi connectivity index (χ4n) is 3.90. The molecule has 1 unspecified atom stereocenters. The van der Waals surface area contributed by atoms with Crippen LogP contribution in [0.4, 0.5) is 0 Å². The van der Waals surface area contributed by atoms with E-state index in [2.05, 4.69) is 16.3 Å². The zero-order valence-corrected chi connectivity index (χ0v) is 15.6. The van der Waals surface area contributed by atoms with Crippen molar-refractivity contribution in [1.29, 1.82) is 0 Å². The maximum absolute atomic E-state index is 12.4. The minimum Gasteiger partial charge on any atom is -0.496 e. The molecule has 1 N–H and O–H groups in total. The molecule has 1 atom stereocenters. The summed E-state index contributed by atoms with van der Waals surface area (Å²) in [5, 5.41) is 3.05. The summed E-state index contributed by atoms with van der Waals surface area (Å²) in [6.45, 7) is 3.44. The standard InChI is InChI=1S/C20H29N3O3/c1-26-18-9-3-2-8-16(18)17(22-11-6-7-12-22)14-21-19(24)15-23-13-5-4-10-20(23)25/h2-3,8-9,17H,4-7,10-15H2,1H3,(H,21,24). The van der Waals surface area contributed by atoms with Crippen LogP contribution in [0.15, 0.2) is 24.3 Å². The number of methoxy groups -OCH3 is 1. The topological polar surface area (TPSA) is 61.9 Å². The normalized spacial score (nSPS) is 19.4. The highest BCUT2D eigenvalue weighted by atomic mass is 16.5. The number of nitrogens with one attached hydrogen (secondary N) is 1. The Bertz CT molecular complexity index is 628. The number of piperidine rings is 1. The summed E-state index contributed by atoms with van der Waals surface area (Å²) in [6, 6.07) is 8.10. The molecule has 0 aliphatic carbocycles. The minimum atomic E-state index is -0.0839. The van der Waals surface area contributed by atoms with Gasteiger partial charge in [0.1, 0.15) is 5.75 Å². The van der Waals surface area contributed by atoms with Crippen molar-refractivity contribution < 1.29 is 14.3 Å². The fourth-order valence-corrected chi connectivity index (χ4v) is 3.90. The van der Waals surface area contributed by atoms with Crippen molar-refractivity contribution in [2.24, 2.45) is 0 Å². The first-order valence-electron chi connectivity index (χ1n) is 9.60. The lowest BCUT2D eigenvalue weighted by molar-refractivity contribution is -0.137. The SMILES string of the molecule is COc1ccccc1C(CNC(=O)CN1CCCCC1=O)N1CCCC1. The van der Waals surface area contributed by atoms with E-state index in [1.54, 1.807) is 12.0 Å². The molecule has 6 heteroatoms. The van der Waals surface area contributed by atoms with Crippen LogP contribution in [0, 0.1) is 0 Å². The Morgan fingerprint density at radius 1 is 1.15 bits per heavy atom. The monoisotopic (exact) mass is 359 g/mol. The minimum absolute atomic E-state index is 0.0839. The molecular formula is C20H29N3O3. The Hall–Kier alpha value is -2.08. The van der Waals surface area contributed by atoms with Crippen molar-refractivity contribution >= 4 is 11.8 Å². The average molecular weight is 359 g/mol. The first kappa shape index (κ1) is 18.7. The fraction of sp³-hybridized carbons (Fsp3) is 0.600. The lowest BCUT2D eigenvalue weighted by Crippen LogP contribution is -2.45. The van der Waals surface area contributed by atoms with Gasteiger partial charge in [0.05, 0.1) is 19.7 Å². The number of para-hydroxylation sites is 1. The van der Waals surface area contributed by atoms with Gasteiger partial charge in [-0.25, -0.2) is 0 Å². The smallest absolute Gasteiger partial charge is 0.239 e. The predicted molar refractivity (Wildman–Crippen MR) is 100.0 cm³/mol. The summed E-state index contributed by atoms with van der Waals surface area (Å²) >= 11 is 0. The molecule has 0 radical (unpaired) electrons. The van der Waals surface area contributed by atoms with Crippen molar-refractivity contribution in [3.8, 4) is 5.75 Å². The molecule has 0 spiro atoms. The number of benzene rings is 1. The lowest BCUT2D eigenvalue weighted by atomic mass is 10.0. The van der Waals surface area contributed by atoms with E-state index in [-0.39, 0.29) is 24.4 Å². The number of nitrogens with zero attached hydrogens (tertiary/aromatic N) is 2. The molecule has 2 amide bonds. The molecule has 0 aromatic heterocycles. The highest BCUT2D eigenvalue weighted by Crippen LogP contribution is 2.31. The molecule has 2 aliphatic rings. The highest BCUT2D eigenvalue weighted by molar-refractivity contribution is 5.85. The Morgan fingerprint density at radius 2 is 1.88 bits per heavy atom. The van der Waals surface area contributed by atoms with Gasteiger partial charge in [0, 0.05) is 25.1 Å². The third-order valence-electron chi connectivity index (χ3n) is 5.33. The van der Waals surface area contributed by atoms with Crippen LogP contribution >= 0.6 is 0 Å². The van der Waals surface area contributed by atoms with Gasteiger partial charge < -0.3 is 15.0 Å². The Balaban J connectivity index is 1.64. The summed E-state index contributed by atoms with van der Waals surface area (Å²) in [6.07, 6.45) is 4.84. The van der Waals surface area contributed by atoms with E-state index in [1.165, 1.54) is 12.8 Å². The second-order valence-corrected chi connectivity index (χ2v) is 7.08. The third kappa shape index (κ3) is 4.55. The van der Waals surface area contributed by atoms with Crippen LogP contribution in [0.25, 0.3) is 0 Å². The number of hydrogen-bond donors (Lipinski definition) is 1. The maximum atomic E-state index is 12.4. The van der Waals surface area contributed by atoms with E-state index in [1.807, 2.05) is 18.2 Å². The van der Waals surface area contributed by atoms with Gasteiger partial charge in [-0.1, -0.05) is 18.2 Å². The predicted octanol–water partition coefficient (Wildman–Crippen LogP) is 1.96. The first-order valence-corrected chi connectivity index (χ1v) is 9.60. The van der Waals surface area contributed by atoms with Crippen molar-refractivity contribution in [2.75, 3.05) is 39.8 Å². The van der Waals surface area contributed by atoms with Gasteiger partial charge in [0.15, 0.2) is 0 Å². The van der Waals surface area contributed by atoms with Gasteiger partial charge in [-0.05, 0) is 44.8 Å². The van der Waals surface area contributed by atoms with Crippen molar-refractivity contribution in [3.05, 3.63) is 29.8 Å². The van der Waals surface area contributed by atoms with Crippen LogP contribution in [0.2, 0.25) is 0 Å². The Labute approximate surface area is 155 Å². The van der Waals surface area contributed by atoms with E-state index in [9.17, 15) is 9.59 Å². The van der Waals surface area contributed by atoms with Gasteiger partial charge in [-0.3, -0.25) is 14.5 Å². The molecule has 2 aliphatic heterocycles. The maximum Gasteiger partial charge on any atom is 0.239 e. The van der Waals surface area contributed by atoms with Crippen molar-refractivity contribution in [3.63, 3.8) is 0 Å². The van der Waals surface area contributed by atoms with E-state index in [0.29, 0.717) is 19.5 Å². The Kier molecular flexibility index (Phi) is 6.50. The van der Waals surface area contributed by atoms with Crippen LogP contribution < -0.4 is 10.1 Å². The van der Waals surface area contributed by atoms with Gasteiger partial charge in [0.2, 0.25) is 11.8 Å². The summed E-state index contributed by atoms with van der Waals surface area (Å²) in [5.41, 5.74) is 1.10. The van der Waals surface area contributed by atoms with E-state index < -0.39 is 0 Å².